The van der Waals surface area contributed by atoms with Gasteiger partial charge in [0.2, 0.25) is 0 Å². The summed E-state index contributed by atoms with van der Waals surface area (Å²) in [5.74, 6) is 0.623. The number of amides is 1. The Balaban J connectivity index is 1.38. The zero-order valence-corrected chi connectivity index (χ0v) is 15.3. The van der Waals surface area contributed by atoms with Crippen molar-refractivity contribution < 1.29 is 4.79 Å². The molecule has 0 bridgehead atoms. The third-order valence-electron chi connectivity index (χ3n) is 6.35. The normalized spacial score (nSPS) is 24.5. The molecule has 1 aliphatic carbocycles. The van der Waals surface area contributed by atoms with Crippen LogP contribution in [-0.2, 0) is 0 Å². The number of likely N-dealkylation sites (N-methyl/N-ethyl adjacent to an activating group) is 1. The average Bonchev–Trinajstić information content (AvgIpc) is 3.03. The van der Waals surface area contributed by atoms with E-state index in [0.717, 1.165) is 49.4 Å². The van der Waals surface area contributed by atoms with E-state index in [2.05, 4.69) is 27.2 Å². The van der Waals surface area contributed by atoms with Crippen molar-refractivity contribution in [2.45, 2.75) is 43.6 Å². The fourth-order valence-electron chi connectivity index (χ4n) is 4.62. The van der Waals surface area contributed by atoms with E-state index in [-0.39, 0.29) is 11.4 Å². The summed E-state index contributed by atoms with van der Waals surface area (Å²) in [5.41, 5.74) is 2.89. The van der Waals surface area contributed by atoms with Crippen LogP contribution in [0.5, 0.6) is 0 Å². The first kappa shape index (κ1) is 16.0. The lowest BCUT2D eigenvalue weighted by atomic mass is 10.1. The van der Waals surface area contributed by atoms with E-state index in [1.165, 1.54) is 19.3 Å². The van der Waals surface area contributed by atoms with Crippen molar-refractivity contribution in [2.75, 3.05) is 26.7 Å². The number of hydrogen-bond acceptors (Lipinski definition) is 4. The highest BCUT2D eigenvalue weighted by Gasteiger charge is 2.52. The summed E-state index contributed by atoms with van der Waals surface area (Å²) in [6, 6.07) is 7.82. The summed E-state index contributed by atoms with van der Waals surface area (Å²) in [6.45, 7) is 3.04. The zero-order valence-electron chi connectivity index (χ0n) is 15.3. The Morgan fingerprint density at radius 2 is 2.12 bits per heavy atom. The summed E-state index contributed by atoms with van der Waals surface area (Å²) in [6.07, 6.45) is 7.78. The maximum Gasteiger partial charge on any atom is 0.254 e. The standard InChI is InChI=1S/C20H25N5O/c1-23-11-6-16(13-23)18-14-25(22-21-18)17-5-2-4-15(12-17)19(26)24-10-3-7-20(24)8-9-20/h2,4-5,12,14,16H,3,6-11,13H2,1H3. The average molecular weight is 351 g/mol. The molecule has 1 saturated carbocycles. The maximum atomic E-state index is 13.0. The van der Waals surface area contributed by atoms with Crippen LogP contribution in [0.3, 0.4) is 0 Å². The van der Waals surface area contributed by atoms with Crippen molar-refractivity contribution in [2.24, 2.45) is 0 Å². The number of carbonyl (C=O) groups excluding carboxylic acids is 1. The second-order valence-electron chi connectivity index (χ2n) is 8.17. The number of rotatable bonds is 3. The van der Waals surface area contributed by atoms with E-state index >= 15 is 0 Å². The highest BCUT2D eigenvalue weighted by Crippen LogP contribution is 2.49. The highest BCUT2D eigenvalue weighted by atomic mass is 16.2. The Kier molecular flexibility index (Phi) is 3.64. The molecule has 5 rings (SSSR count). The van der Waals surface area contributed by atoms with Gasteiger partial charge in [-0.1, -0.05) is 11.3 Å². The van der Waals surface area contributed by atoms with Crippen molar-refractivity contribution in [1.29, 1.82) is 0 Å². The van der Waals surface area contributed by atoms with E-state index in [0.29, 0.717) is 5.92 Å². The molecule has 26 heavy (non-hydrogen) atoms. The summed E-state index contributed by atoms with van der Waals surface area (Å²) in [5, 5.41) is 8.70. The molecule has 3 heterocycles. The van der Waals surface area contributed by atoms with Gasteiger partial charge in [0, 0.05) is 30.1 Å². The van der Waals surface area contributed by atoms with Crippen LogP contribution in [0, 0.1) is 0 Å². The molecule has 0 radical (unpaired) electrons. The molecule has 1 unspecified atom stereocenters. The first-order valence-corrected chi connectivity index (χ1v) is 9.68. The Hall–Kier alpha value is -2.21. The first-order chi connectivity index (χ1) is 12.6. The number of benzene rings is 1. The molecule has 2 aliphatic heterocycles. The second kappa shape index (κ2) is 5.91. The van der Waals surface area contributed by atoms with Gasteiger partial charge in [0.1, 0.15) is 0 Å². The molecule has 1 aromatic heterocycles. The van der Waals surface area contributed by atoms with Crippen LogP contribution >= 0.6 is 0 Å². The topological polar surface area (TPSA) is 54.3 Å². The molecule has 136 valence electrons. The summed E-state index contributed by atoms with van der Waals surface area (Å²) < 4.78 is 1.81. The van der Waals surface area contributed by atoms with Gasteiger partial charge in [-0.3, -0.25) is 4.79 Å². The van der Waals surface area contributed by atoms with Gasteiger partial charge in [0.25, 0.3) is 5.91 Å². The summed E-state index contributed by atoms with van der Waals surface area (Å²) in [7, 11) is 2.14. The molecular formula is C20H25N5O. The zero-order chi connectivity index (χ0) is 17.7. The molecule has 1 atom stereocenters. The first-order valence-electron chi connectivity index (χ1n) is 9.68. The highest BCUT2D eigenvalue weighted by molar-refractivity contribution is 5.95. The van der Waals surface area contributed by atoms with Crippen molar-refractivity contribution in [1.82, 2.24) is 24.8 Å². The smallest absolute Gasteiger partial charge is 0.254 e. The van der Waals surface area contributed by atoms with Crippen LogP contribution in [-0.4, -0.2) is 62.9 Å². The molecule has 3 aliphatic rings. The third kappa shape index (κ3) is 2.63. The Morgan fingerprint density at radius 3 is 2.88 bits per heavy atom. The lowest BCUT2D eigenvalue weighted by Gasteiger charge is -2.24. The van der Waals surface area contributed by atoms with Crippen LogP contribution in [0.25, 0.3) is 5.69 Å². The van der Waals surface area contributed by atoms with Gasteiger partial charge in [0.15, 0.2) is 0 Å². The van der Waals surface area contributed by atoms with E-state index in [9.17, 15) is 4.79 Å². The van der Waals surface area contributed by atoms with Gasteiger partial charge in [-0.15, -0.1) is 5.10 Å². The minimum absolute atomic E-state index is 0.166. The predicted octanol–water partition coefficient (Wildman–Crippen LogP) is 2.46. The van der Waals surface area contributed by atoms with Crippen LogP contribution in [0.15, 0.2) is 30.5 Å². The fourth-order valence-corrected chi connectivity index (χ4v) is 4.62. The van der Waals surface area contributed by atoms with E-state index in [4.69, 9.17) is 0 Å². The van der Waals surface area contributed by atoms with E-state index in [1.807, 2.05) is 30.5 Å². The van der Waals surface area contributed by atoms with Crippen molar-refractivity contribution in [3.8, 4) is 5.69 Å². The number of aromatic nitrogens is 3. The lowest BCUT2D eigenvalue weighted by molar-refractivity contribution is 0.0717. The molecule has 6 heteroatoms. The molecule has 1 aromatic carbocycles. The largest absolute Gasteiger partial charge is 0.333 e. The second-order valence-corrected chi connectivity index (χ2v) is 8.17. The van der Waals surface area contributed by atoms with Gasteiger partial charge >= 0.3 is 0 Å². The van der Waals surface area contributed by atoms with Crippen LogP contribution in [0.1, 0.15) is 54.1 Å². The lowest BCUT2D eigenvalue weighted by Crippen LogP contribution is -2.37. The molecule has 1 spiro atoms. The maximum absolute atomic E-state index is 13.0. The molecular weight excluding hydrogens is 326 g/mol. The van der Waals surface area contributed by atoms with Crippen molar-refractivity contribution in [3.05, 3.63) is 41.7 Å². The molecule has 2 saturated heterocycles. The summed E-state index contributed by atoms with van der Waals surface area (Å²) >= 11 is 0. The van der Waals surface area contributed by atoms with E-state index in [1.54, 1.807) is 4.68 Å². The molecule has 2 aromatic rings. The van der Waals surface area contributed by atoms with Gasteiger partial charge < -0.3 is 9.80 Å². The number of likely N-dealkylation sites (tertiary alicyclic amines) is 2. The monoisotopic (exact) mass is 351 g/mol. The molecule has 0 N–H and O–H groups in total. The van der Waals surface area contributed by atoms with Crippen molar-refractivity contribution >= 4 is 5.91 Å². The predicted molar refractivity (Wildman–Crippen MR) is 98.4 cm³/mol. The number of nitrogens with zero attached hydrogens (tertiary/aromatic N) is 5. The van der Waals surface area contributed by atoms with E-state index < -0.39 is 0 Å². The number of carbonyl (C=O) groups is 1. The fraction of sp³-hybridized carbons (Fsp3) is 0.550. The Morgan fingerprint density at radius 1 is 1.23 bits per heavy atom. The molecule has 1 amide bonds. The quantitative estimate of drug-likeness (QED) is 0.852. The number of hydrogen-bond donors (Lipinski definition) is 0. The molecule has 3 fully saturated rings. The Labute approximate surface area is 153 Å². The SMILES string of the molecule is CN1CCC(c2cn(-c3cccc(C(=O)N4CCCC45CC5)c3)nn2)C1. The van der Waals surface area contributed by atoms with Gasteiger partial charge in [0.05, 0.1) is 17.6 Å². The van der Waals surface area contributed by atoms with Gasteiger partial charge in [-0.2, -0.15) is 0 Å². The minimum Gasteiger partial charge on any atom is -0.333 e. The van der Waals surface area contributed by atoms with Crippen LogP contribution < -0.4 is 0 Å². The minimum atomic E-state index is 0.166. The third-order valence-corrected chi connectivity index (χ3v) is 6.35. The van der Waals surface area contributed by atoms with Gasteiger partial charge in [-0.05, 0) is 63.9 Å². The van der Waals surface area contributed by atoms with Crippen LogP contribution in [0.4, 0.5) is 0 Å². The Bertz CT molecular complexity index is 840. The molecule has 6 nitrogen and oxygen atoms in total. The van der Waals surface area contributed by atoms with Gasteiger partial charge in [-0.25, -0.2) is 4.68 Å². The summed E-state index contributed by atoms with van der Waals surface area (Å²) in [4.78, 5) is 17.4. The van der Waals surface area contributed by atoms with Crippen LogP contribution in [0.2, 0.25) is 0 Å². The van der Waals surface area contributed by atoms with Crippen molar-refractivity contribution in [3.63, 3.8) is 0 Å².